The van der Waals surface area contributed by atoms with E-state index in [0.29, 0.717) is 5.41 Å². The standard InChI is InChI=1S/C11H17BrN2S/c1-11(7-13)2-3-14(8-11)5-9-4-10(12)15-6-9/h4,6H,2-3,5,7-8,13H2,1H3. The van der Waals surface area contributed by atoms with Crippen LogP contribution in [0.2, 0.25) is 0 Å². The maximum Gasteiger partial charge on any atom is 0.0701 e. The van der Waals surface area contributed by atoms with Gasteiger partial charge in [-0.25, -0.2) is 0 Å². The third kappa shape index (κ3) is 2.81. The molecule has 0 radical (unpaired) electrons. The predicted octanol–water partition coefficient (Wildman–Crippen LogP) is 2.68. The van der Waals surface area contributed by atoms with Crippen LogP contribution in [0.5, 0.6) is 0 Å². The summed E-state index contributed by atoms with van der Waals surface area (Å²) in [5.74, 6) is 0. The zero-order valence-electron chi connectivity index (χ0n) is 9.00. The number of hydrogen-bond acceptors (Lipinski definition) is 3. The number of nitrogens with zero attached hydrogens (tertiary/aromatic N) is 1. The van der Waals surface area contributed by atoms with Crippen molar-refractivity contribution in [3.63, 3.8) is 0 Å². The highest BCUT2D eigenvalue weighted by molar-refractivity contribution is 9.11. The van der Waals surface area contributed by atoms with Crippen molar-refractivity contribution in [2.75, 3.05) is 19.6 Å². The Morgan fingerprint density at radius 2 is 2.47 bits per heavy atom. The van der Waals surface area contributed by atoms with Gasteiger partial charge in [0.2, 0.25) is 0 Å². The van der Waals surface area contributed by atoms with Gasteiger partial charge in [-0.3, -0.25) is 4.90 Å². The van der Waals surface area contributed by atoms with Crippen LogP contribution in [0.4, 0.5) is 0 Å². The Balaban J connectivity index is 1.92. The number of likely N-dealkylation sites (tertiary alicyclic amines) is 1. The highest BCUT2D eigenvalue weighted by atomic mass is 79.9. The van der Waals surface area contributed by atoms with E-state index >= 15 is 0 Å². The van der Waals surface area contributed by atoms with Crippen LogP contribution in [0.25, 0.3) is 0 Å². The molecule has 1 atom stereocenters. The first kappa shape index (κ1) is 11.6. The Bertz CT molecular complexity index is 339. The minimum Gasteiger partial charge on any atom is -0.330 e. The molecule has 1 aromatic heterocycles. The summed E-state index contributed by atoms with van der Waals surface area (Å²) in [6, 6.07) is 2.21. The minimum atomic E-state index is 0.341. The van der Waals surface area contributed by atoms with E-state index < -0.39 is 0 Å². The van der Waals surface area contributed by atoms with Crippen molar-refractivity contribution in [1.82, 2.24) is 4.90 Å². The van der Waals surface area contributed by atoms with Gasteiger partial charge in [-0.15, -0.1) is 11.3 Å². The topological polar surface area (TPSA) is 29.3 Å². The molecule has 2 rings (SSSR count). The summed E-state index contributed by atoms with van der Waals surface area (Å²) in [7, 11) is 0. The third-order valence-electron chi connectivity index (χ3n) is 3.16. The van der Waals surface area contributed by atoms with Gasteiger partial charge in [0.1, 0.15) is 0 Å². The first-order valence-corrected chi connectivity index (χ1v) is 6.94. The maximum absolute atomic E-state index is 5.80. The normalized spacial score (nSPS) is 27.4. The summed E-state index contributed by atoms with van der Waals surface area (Å²) in [4.78, 5) is 2.50. The van der Waals surface area contributed by atoms with Crippen LogP contribution in [-0.2, 0) is 6.54 Å². The molecule has 84 valence electrons. The van der Waals surface area contributed by atoms with Gasteiger partial charge in [0.05, 0.1) is 3.79 Å². The van der Waals surface area contributed by atoms with Crippen LogP contribution in [0.3, 0.4) is 0 Å². The lowest BCUT2D eigenvalue weighted by Gasteiger charge is -2.22. The van der Waals surface area contributed by atoms with Crippen LogP contribution in [0, 0.1) is 5.41 Å². The highest BCUT2D eigenvalue weighted by Gasteiger charge is 2.32. The van der Waals surface area contributed by atoms with Crippen molar-refractivity contribution >= 4 is 27.3 Å². The maximum atomic E-state index is 5.80. The zero-order valence-corrected chi connectivity index (χ0v) is 11.4. The first-order chi connectivity index (χ1) is 7.11. The molecule has 2 heterocycles. The van der Waals surface area contributed by atoms with Crippen LogP contribution in [0.15, 0.2) is 15.2 Å². The Labute approximate surface area is 104 Å². The molecule has 0 amide bonds. The summed E-state index contributed by atoms with van der Waals surface area (Å²) in [5, 5.41) is 2.22. The Hall–Kier alpha value is 0.100. The van der Waals surface area contributed by atoms with Gasteiger partial charge < -0.3 is 5.73 Å². The summed E-state index contributed by atoms with van der Waals surface area (Å²) < 4.78 is 1.22. The van der Waals surface area contributed by atoms with Crippen LogP contribution >= 0.6 is 27.3 Å². The number of thiophene rings is 1. The van der Waals surface area contributed by atoms with E-state index in [1.807, 2.05) is 0 Å². The zero-order chi connectivity index (χ0) is 10.9. The lowest BCUT2D eigenvalue weighted by atomic mass is 9.90. The Morgan fingerprint density at radius 3 is 3.00 bits per heavy atom. The summed E-state index contributed by atoms with van der Waals surface area (Å²) in [5.41, 5.74) is 7.55. The lowest BCUT2D eigenvalue weighted by Crippen LogP contribution is -2.31. The molecule has 0 saturated carbocycles. The predicted molar refractivity (Wildman–Crippen MR) is 69.1 cm³/mol. The highest BCUT2D eigenvalue weighted by Crippen LogP contribution is 2.30. The third-order valence-corrected chi connectivity index (χ3v) is 4.71. The number of nitrogens with two attached hydrogens (primary N) is 1. The molecule has 15 heavy (non-hydrogen) atoms. The van der Waals surface area contributed by atoms with Crippen LogP contribution in [-0.4, -0.2) is 24.5 Å². The molecular formula is C11H17BrN2S. The molecular weight excluding hydrogens is 272 g/mol. The van der Waals surface area contributed by atoms with E-state index in [0.717, 1.165) is 19.6 Å². The molecule has 0 bridgehead atoms. The monoisotopic (exact) mass is 288 g/mol. The molecule has 1 aromatic rings. The molecule has 2 nitrogen and oxygen atoms in total. The average Bonchev–Trinajstić information content (AvgIpc) is 2.76. The number of rotatable bonds is 3. The SMILES string of the molecule is CC1(CN)CCN(Cc2csc(Br)c2)C1. The van der Waals surface area contributed by atoms with E-state index in [1.165, 1.54) is 22.3 Å². The van der Waals surface area contributed by atoms with Crippen LogP contribution in [0.1, 0.15) is 18.9 Å². The minimum absolute atomic E-state index is 0.341. The van der Waals surface area contributed by atoms with Crippen molar-refractivity contribution in [3.05, 3.63) is 20.8 Å². The van der Waals surface area contributed by atoms with E-state index in [2.05, 4.69) is 39.2 Å². The van der Waals surface area contributed by atoms with Gasteiger partial charge >= 0.3 is 0 Å². The average molecular weight is 289 g/mol. The van der Waals surface area contributed by atoms with Crippen molar-refractivity contribution in [2.24, 2.45) is 11.1 Å². The van der Waals surface area contributed by atoms with E-state index in [9.17, 15) is 0 Å². The van der Waals surface area contributed by atoms with Crippen molar-refractivity contribution in [3.8, 4) is 0 Å². The van der Waals surface area contributed by atoms with Gasteiger partial charge in [-0.1, -0.05) is 6.92 Å². The Kier molecular flexibility index (Phi) is 3.50. The van der Waals surface area contributed by atoms with Gasteiger partial charge in [0.15, 0.2) is 0 Å². The molecule has 0 aromatic carbocycles. The molecule has 2 N–H and O–H groups in total. The van der Waals surface area contributed by atoms with Gasteiger partial charge in [-0.2, -0.15) is 0 Å². The second-order valence-electron chi connectivity index (χ2n) is 4.73. The molecule has 4 heteroatoms. The van der Waals surface area contributed by atoms with Crippen LogP contribution < -0.4 is 5.73 Å². The van der Waals surface area contributed by atoms with Crippen molar-refractivity contribution in [2.45, 2.75) is 19.9 Å². The molecule has 0 spiro atoms. The van der Waals surface area contributed by atoms with E-state index in [4.69, 9.17) is 5.73 Å². The summed E-state index contributed by atoms with van der Waals surface area (Å²) >= 11 is 5.26. The fourth-order valence-electron chi connectivity index (χ4n) is 2.11. The second-order valence-corrected chi connectivity index (χ2v) is 7.02. The largest absolute Gasteiger partial charge is 0.330 e. The molecule has 1 aliphatic rings. The quantitative estimate of drug-likeness (QED) is 0.927. The van der Waals surface area contributed by atoms with Crippen molar-refractivity contribution in [1.29, 1.82) is 0 Å². The molecule has 1 aliphatic heterocycles. The summed E-state index contributed by atoms with van der Waals surface area (Å²) in [6.07, 6.45) is 1.23. The molecule has 1 fully saturated rings. The smallest absolute Gasteiger partial charge is 0.0701 e. The fraction of sp³-hybridized carbons (Fsp3) is 0.636. The molecule has 1 saturated heterocycles. The van der Waals surface area contributed by atoms with E-state index in [1.54, 1.807) is 11.3 Å². The lowest BCUT2D eigenvalue weighted by molar-refractivity contribution is 0.275. The number of halogens is 1. The number of hydrogen-bond donors (Lipinski definition) is 1. The molecule has 0 aliphatic carbocycles. The summed E-state index contributed by atoms with van der Waals surface area (Å²) in [6.45, 7) is 6.48. The Morgan fingerprint density at radius 1 is 1.67 bits per heavy atom. The second kappa shape index (κ2) is 4.53. The van der Waals surface area contributed by atoms with Crippen molar-refractivity contribution < 1.29 is 0 Å². The van der Waals surface area contributed by atoms with Gasteiger partial charge in [0, 0.05) is 13.1 Å². The molecule has 1 unspecified atom stereocenters. The van der Waals surface area contributed by atoms with Gasteiger partial charge in [-0.05, 0) is 57.9 Å². The van der Waals surface area contributed by atoms with Gasteiger partial charge in [0.25, 0.3) is 0 Å². The first-order valence-electron chi connectivity index (χ1n) is 5.27. The van der Waals surface area contributed by atoms with E-state index in [-0.39, 0.29) is 0 Å². The fourth-order valence-corrected chi connectivity index (χ4v) is 3.31.